The van der Waals surface area contributed by atoms with Gasteiger partial charge in [-0.05, 0) is 44.2 Å². The van der Waals surface area contributed by atoms with E-state index in [0.717, 1.165) is 11.4 Å². The largest absolute Gasteiger partial charge is 0.478 e. The van der Waals surface area contributed by atoms with Gasteiger partial charge in [-0.3, -0.25) is 0 Å². The molecule has 17 heavy (non-hydrogen) atoms. The number of hydrogen-bond acceptors (Lipinski definition) is 1. The lowest BCUT2D eigenvalue weighted by molar-refractivity contribution is 0.0697. The Morgan fingerprint density at radius 3 is 2.29 bits per heavy atom. The van der Waals surface area contributed by atoms with Crippen molar-refractivity contribution < 1.29 is 14.3 Å². The smallest absolute Gasteiger partial charge is 0.335 e. The van der Waals surface area contributed by atoms with E-state index >= 15 is 0 Å². The monoisotopic (exact) mass is 233 g/mol. The molecular weight excluding hydrogens is 221 g/mol. The zero-order valence-electron chi connectivity index (χ0n) is 9.57. The highest BCUT2D eigenvalue weighted by atomic mass is 19.1. The van der Waals surface area contributed by atoms with Gasteiger partial charge in [-0.2, -0.15) is 0 Å². The molecule has 0 saturated heterocycles. The molecule has 0 unspecified atom stereocenters. The fraction of sp³-hybridized carbons (Fsp3) is 0.154. The number of aromatic carboxylic acids is 1. The van der Waals surface area contributed by atoms with Gasteiger partial charge < -0.3 is 9.67 Å². The van der Waals surface area contributed by atoms with E-state index in [-0.39, 0.29) is 11.3 Å². The minimum Gasteiger partial charge on any atom is -0.478 e. The molecule has 1 aromatic heterocycles. The van der Waals surface area contributed by atoms with Crippen molar-refractivity contribution in [2.24, 2.45) is 0 Å². The van der Waals surface area contributed by atoms with Crippen molar-refractivity contribution in [2.75, 3.05) is 0 Å². The van der Waals surface area contributed by atoms with E-state index in [0.29, 0.717) is 0 Å². The third-order valence-corrected chi connectivity index (χ3v) is 2.71. The predicted molar refractivity (Wildman–Crippen MR) is 62.2 cm³/mol. The second kappa shape index (κ2) is 4.05. The van der Waals surface area contributed by atoms with Crippen LogP contribution in [-0.2, 0) is 0 Å². The molecule has 0 atom stereocenters. The van der Waals surface area contributed by atoms with Crippen molar-refractivity contribution >= 4 is 5.97 Å². The third kappa shape index (κ3) is 1.93. The Hall–Kier alpha value is -2.10. The van der Waals surface area contributed by atoms with Crippen molar-refractivity contribution in [1.82, 2.24) is 4.57 Å². The van der Waals surface area contributed by atoms with Crippen LogP contribution >= 0.6 is 0 Å². The van der Waals surface area contributed by atoms with Gasteiger partial charge in [0.2, 0.25) is 0 Å². The Labute approximate surface area is 98.1 Å². The van der Waals surface area contributed by atoms with Crippen LogP contribution in [0.3, 0.4) is 0 Å². The normalized spacial score (nSPS) is 10.5. The molecule has 0 aliphatic heterocycles. The zero-order chi connectivity index (χ0) is 12.6. The van der Waals surface area contributed by atoms with Crippen LogP contribution in [0.2, 0.25) is 0 Å². The molecule has 0 amide bonds. The molecule has 2 aromatic rings. The number of hydrogen-bond donors (Lipinski definition) is 1. The van der Waals surface area contributed by atoms with Crippen LogP contribution in [0.15, 0.2) is 30.3 Å². The van der Waals surface area contributed by atoms with Gasteiger partial charge in [-0.25, -0.2) is 9.18 Å². The van der Waals surface area contributed by atoms with Crippen LogP contribution in [0, 0.1) is 19.7 Å². The Morgan fingerprint density at radius 2 is 1.76 bits per heavy atom. The molecule has 1 heterocycles. The number of aromatic nitrogens is 1. The molecule has 0 radical (unpaired) electrons. The maximum atomic E-state index is 13.7. The first-order chi connectivity index (χ1) is 8.00. The molecule has 1 aromatic carbocycles. The lowest BCUT2D eigenvalue weighted by Gasteiger charge is -2.11. The summed E-state index contributed by atoms with van der Waals surface area (Å²) in [7, 11) is 0. The topological polar surface area (TPSA) is 42.2 Å². The summed E-state index contributed by atoms with van der Waals surface area (Å²) in [4.78, 5) is 10.9. The van der Waals surface area contributed by atoms with Gasteiger partial charge in [0, 0.05) is 11.4 Å². The number of nitrogens with zero attached hydrogens (tertiary/aromatic N) is 1. The van der Waals surface area contributed by atoms with E-state index in [1.165, 1.54) is 18.2 Å². The summed E-state index contributed by atoms with van der Waals surface area (Å²) in [6.07, 6.45) is 0. The van der Waals surface area contributed by atoms with Crippen LogP contribution in [0.4, 0.5) is 4.39 Å². The molecule has 3 nitrogen and oxygen atoms in total. The first-order valence-electron chi connectivity index (χ1n) is 5.19. The summed E-state index contributed by atoms with van der Waals surface area (Å²) in [5.41, 5.74) is 2.08. The summed E-state index contributed by atoms with van der Waals surface area (Å²) in [6, 6.07) is 7.51. The van der Waals surface area contributed by atoms with Crippen molar-refractivity contribution in [3.63, 3.8) is 0 Å². The number of carboxylic acid groups (broad SMARTS) is 1. The Balaban J connectivity index is 2.66. The summed E-state index contributed by atoms with van der Waals surface area (Å²) < 4.78 is 15.4. The maximum Gasteiger partial charge on any atom is 0.335 e. The van der Waals surface area contributed by atoms with Gasteiger partial charge in [0.15, 0.2) is 0 Å². The molecule has 0 saturated carbocycles. The van der Waals surface area contributed by atoms with E-state index in [4.69, 9.17) is 5.11 Å². The van der Waals surface area contributed by atoms with Crippen molar-refractivity contribution in [3.8, 4) is 5.69 Å². The molecule has 0 aliphatic rings. The Kier molecular flexibility index (Phi) is 2.71. The van der Waals surface area contributed by atoms with E-state index in [2.05, 4.69) is 0 Å². The van der Waals surface area contributed by atoms with Crippen molar-refractivity contribution in [1.29, 1.82) is 0 Å². The molecule has 0 spiro atoms. The highest BCUT2D eigenvalue weighted by molar-refractivity contribution is 5.88. The second-order valence-electron chi connectivity index (χ2n) is 3.92. The van der Waals surface area contributed by atoms with Crippen LogP contribution < -0.4 is 0 Å². The van der Waals surface area contributed by atoms with Gasteiger partial charge in [0.25, 0.3) is 0 Å². The molecular formula is C13H12FNO2. The van der Waals surface area contributed by atoms with Crippen molar-refractivity contribution in [3.05, 3.63) is 53.1 Å². The average Bonchev–Trinajstić information content (AvgIpc) is 2.59. The lowest BCUT2D eigenvalue weighted by atomic mass is 10.2. The standard InChI is InChI=1S/C13H12FNO2/c1-8-3-4-9(2)15(8)12-7-10(13(16)17)5-6-11(12)14/h3-7H,1-2H3,(H,16,17). The number of aryl methyl sites for hydroxylation is 2. The highest BCUT2D eigenvalue weighted by Gasteiger charge is 2.12. The summed E-state index contributed by atoms with van der Waals surface area (Å²) >= 11 is 0. The number of carbonyl (C=O) groups is 1. The van der Waals surface area contributed by atoms with E-state index in [9.17, 15) is 9.18 Å². The molecule has 2 rings (SSSR count). The molecule has 0 bridgehead atoms. The van der Waals surface area contributed by atoms with Gasteiger partial charge in [-0.1, -0.05) is 0 Å². The van der Waals surface area contributed by atoms with Gasteiger partial charge in [-0.15, -0.1) is 0 Å². The molecule has 0 fully saturated rings. The second-order valence-corrected chi connectivity index (χ2v) is 3.92. The van der Waals surface area contributed by atoms with E-state index in [1.54, 1.807) is 4.57 Å². The number of rotatable bonds is 2. The highest BCUT2D eigenvalue weighted by Crippen LogP contribution is 2.20. The first kappa shape index (κ1) is 11.4. The van der Waals surface area contributed by atoms with Crippen LogP contribution in [0.25, 0.3) is 5.69 Å². The lowest BCUT2D eigenvalue weighted by Crippen LogP contribution is -2.05. The minimum atomic E-state index is -1.06. The number of benzene rings is 1. The third-order valence-electron chi connectivity index (χ3n) is 2.71. The first-order valence-corrected chi connectivity index (χ1v) is 5.19. The Bertz CT molecular complexity index is 568. The van der Waals surface area contributed by atoms with Crippen molar-refractivity contribution in [2.45, 2.75) is 13.8 Å². The fourth-order valence-corrected chi connectivity index (χ4v) is 1.87. The van der Waals surface area contributed by atoms with Gasteiger partial charge >= 0.3 is 5.97 Å². The Morgan fingerprint density at radius 1 is 1.18 bits per heavy atom. The van der Waals surface area contributed by atoms with E-state index in [1.807, 2.05) is 26.0 Å². The molecule has 1 N–H and O–H groups in total. The predicted octanol–water partition coefficient (Wildman–Crippen LogP) is 2.93. The van der Waals surface area contributed by atoms with Gasteiger partial charge in [0.1, 0.15) is 5.82 Å². The quantitative estimate of drug-likeness (QED) is 0.866. The molecule has 0 aliphatic carbocycles. The number of carboxylic acids is 1. The summed E-state index contributed by atoms with van der Waals surface area (Å²) in [5, 5.41) is 8.90. The van der Waals surface area contributed by atoms with E-state index < -0.39 is 11.8 Å². The average molecular weight is 233 g/mol. The summed E-state index contributed by atoms with van der Waals surface area (Å²) in [5.74, 6) is -1.49. The zero-order valence-corrected chi connectivity index (χ0v) is 9.57. The van der Waals surface area contributed by atoms with Gasteiger partial charge in [0.05, 0.1) is 11.3 Å². The summed E-state index contributed by atoms with van der Waals surface area (Å²) in [6.45, 7) is 3.69. The van der Waals surface area contributed by atoms with Crippen LogP contribution in [0.1, 0.15) is 21.7 Å². The van der Waals surface area contributed by atoms with Crippen LogP contribution in [-0.4, -0.2) is 15.6 Å². The number of halogens is 1. The SMILES string of the molecule is Cc1ccc(C)n1-c1cc(C(=O)O)ccc1F. The fourth-order valence-electron chi connectivity index (χ4n) is 1.87. The van der Waals surface area contributed by atoms with Crippen LogP contribution in [0.5, 0.6) is 0 Å². The minimum absolute atomic E-state index is 0.0777. The molecule has 4 heteroatoms. The molecule has 88 valence electrons. The maximum absolute atomic E-state index is 13.7.